The first kappa shape index (κ1) is 14.7. The van der Waals surface area contributed by atoms with Gasteiger partial charge in [-0.3, -0.25) is 9.59 Å². The van der Waals surface area contributed by atoms with Crippen LogP contribution in [0.15, 0.2) is 6.07 Å². The first-order valence-electron chi connectivity index (χ1n) is 5.74. The summed E-state index contributed by atoms with van der Waals surface area (Å²) in [5, 5.41) is 0.613. The summed E-state index contributed by atoms with van der Waals surface area (Å²) in [5.41, 5.74) is 3.25. The van der Waals surface area contributed by atoms with Gasteiger partial charge >= 0.3 is 5.97 Å². The van der Waals surface area contributed by atoms with E-state index in [1.54, 1.807) is 0 Å². The largest absolute Gasteiger partial charge is 0.469 e. The zero-order valence-corrected chi connectivity index (χ0v) is 11.9. The number of esters is 1. The lowest BCUT2D eigenvalue weighted by Crippen LogP contribution is -2.09. The summed E-state index contributed by atoms with van der Waals surface area (Å²) in [5.74, 6) is -0.450. The summed E-state index contributed by atoms with van der Waals surface area (Å²) in [7, 11) is 1.31. The summed E-state index contributed by atoms with van der Waals surface area (Å²) in [6.07, 6.45) is 0.244. The number of hydrogen-bond donors (Lipinski definition) is 0. The van der Waals surface area contributed by atoms with E-state index in [1.807, 2.05) is 26.8 Å². The van der Waals surface area contributed by atoms with Crippen LogP contribution in [-0.2, 0) is 9.53 Å². The minimum absolute atomic E-state index is 0.0719. The molecule has 0 bridgehead atoms. The first-order chi connectivity index (χ1) is 8.38. The lowest BCUT2D eigenvalue weighted by Gasteiger charge is -2.12. The van der Waals surface area contributed by atoms with E-state index in [-0.39, 0.29) is 24.6 Å². The second-order valence-corrected chi connectivity index (χ2v) is 4.70. The van der Waals surface area contributed by atoms with Crippen molar-refractivity contribution in [2.75, 3.05) is 7.11 Å². The summed E-state index contributed by atoms with van der Waals surface area (Å²) in [6, 6.07) is 1.89. The monoisotopic (exact) mass is 268 g/mol. The Morgan fingerprint density at radius 3 is 2.33 bits per heavy atom. The zero-order chi connectivity index (χ0) is 13.9. The third-order valence-electron chi connectivity index (χ3n) is 2.94. The highest BCUT2D eigenvalue weighted by Gasteiger charge is 2.17. The molecule has 3 nitrogen and oxygen atoms in total. The van der Waals surface area contributed by atoms with Gasteiger partial charge in [0.05, 0.1) is 13.5 Å². The molecule has 0 saturated heterocycles. The second kappa shape index (κ2) is 6.01. The SMILES string of the molecule is COC(=O)CCC(=O)c1c(C)cc(C)c(Cl)c1C. The van der Waals surface area contributed by atoms with E-state index in [0.717, 1.165) is 16.7 Å². The molecular formula is C14H17ClO3. The summed E-state index contributed by atoms with van der Waals surface area (Å²) < 4.78 is 4.52. The Kier molecular flexibility index (Phi) is 4.91. The highest BCUT2D eigenvalue weighted by atomic mass is 35.5. The third kappa shape index (κ3) is 3.10. The van der Waals surface area contributed by atoms with Crippen molar-refractivity contribution in [1.29, 1.82) is 0 Å². The number of hydrogen-bond acceptors (Lipinski definition) is 3. The van der Waals surface area contributed by atoms with Crippen LogP contribution in [0, 0.1) is 20.8 Å². The maximum absolute atomic E-state index is 12.1. The number of aryl methyl sites for hydroxylation is 2. The molecule has 0 aliphatic carbocycles. The third-order valence-corrected chi connectivity index (χ3v) is 3.52. The maximum Gasteiger partial charge on any atom is 0.305 e. The highest BCUT2D eigenvalue weighted by Crippen LogP contribution is 2.27. The van der Waals surface area contributed by atoms with Crippen molar-refractivity contribution in [3.63, 3.8) is 0 Å². The Labute approximate surface area is 112 Å². The van der Waals surface area contributed by atoms with Crippen molar-refractivity contribution in [2.45, 2.75) is 33.6 Å². The lowest BCUT2D eigenvalue weighted by molar-refractivity contribution is -0.140. The van der Waals surface area contributed by atoms with Crippen LogP contribution in [0.25, 0.3) is 0 Å². The Bertz CT molecular complexity index is 492. The molecule has 0 atom stereocenters. The number of methoxy groups -OCH3 is 1. The number of ketones is 1. The van der Waals surface area contributed by atoms with Crippen LogP contribution in [0.4, 0.5) is 0 Å². The standard InChI is InChI=1S/C14H17ClO3/c1-8-7-9(2)14(15)10(3)13(8)11(16)5-6-12(17)18-4/h7H,5-6H2,1-4H3. The number of rotatable bonds is 4. The summed E-state index contributed by atoms with van der Waals surface area (Å²) in [4.78, 5) is 23.1. The molecule has 0 radical (unpaired) electrons. The Morgan fingerprint density at radius 2 is 1.78 bits per heavy atom. The molecular weight excluding hydrogens is 252 g/mol. The van der Waals surface area contributed by atoms with Gasteiger partial charge in [-0.15, -0.1) is 0 Å². The van der Waals surface area contributed by atoms with Gasteiger partial charge < -0.3 is 4.74 Å². The van der Waals surface area contributed by atoms with Crippen LogP contribution in [-0.4, -0.2) is 18.9 Å². The second-order valence-electron chi connectivity index (χ2n) is 4.32. The molecule has 98 valence electrons. The van der Waals surface area contributed by atoms with E-state index < -0.39 is 0 Å². The van der Waals surface area contributed by atoms with Crippen molar-refractivity contribution < 1.29 is 14.3 Å². The molecule has 0 aliphatic heterocycles. The summed E-state index contributed by atoms with van der Waals surface area (Å²) >= 11 is 6.14. The minimum Gasteiger partial charge on any atom is -0.469 e. The van der Waals surface area contributed by atoms with E-state index in [1.165, 1.54) is 7.11 Å². The van der Waals surface area contributed by atoms with Crippen molar-refractivity contribution in [2.24, 2.45) is 0 Å². The predicted molar refractivity (Wildman–Crippen MR) is 71.2 cm³/mol. The number of benzene rings is 1. The Balaban J connectivity index is 2.99. The van der Waals surface area contributed by atoms with Gasteiger partial charge in [-0.2, -0.15) is 0 Å². The van der Waals surface area contributed by atoms with Crippen LogP contribution in [0.2, 0.25) is 5.02 Å². The minimum atomic E-state index is -0.378. The number of Topliss-reactive ketones (excluding diaryl/α,β-unsaturated/α-hetero) is 1. The predicted octanol–water partition coefficient (Wildman–Crippen LogP) is 3.40. The van der Waals surface area contributed by atoms with E-state index in [9.17, 15) is 9.59 Å². The molecule has 1 aromatic carbocycles. The molecule has 0 saturated carbocycles. The van der Waals surface area contributed by atoms with Crippen LogP contribution >= 0.6 is 11.6 Å². The molecule has 1 aromatic rings. The molecule has 0 heterocycles. The fourth-order valence-electron chi connectivity index (χ4n) is 2.03. The normalized spacial score (nSPS) is 10.3. The maximum atomic E-state index is 12.1. The van der Waals surface area contributed by atoms with Gasteiger partial charge in [-0.05, 0) is 37.5 Å². The molecule has 0 amide bonds. The van der Waals surface area contributed by atoms with Gasteiger partial charge in [0.25, 0.3) is 0 Å². The quantitative estimate of drug-likeness (QED) is 0.621. The smallest absolute Gasteiger partial charge is 0.305 e. The van der Waals surface area contributed by atoms with Crippen LogP contribution in [0.5, 0.6) is 0 Å². The van der Waals surface area contributed by atoms with Gasteiger partial charge in [0.15, 0.2) is 5.78 Å². The van der Waals surface area contributed by atoms with E-state index >= 15 is 0 Å². The van der Waals surface area contributed by atoms with E-state index in [4.69, 9.17) is 11.6 Å². The van der Waals surface area contributed by atoms with Gasteiger partial charge in [-0.25, -0.2) is 0 Å². The number of carbonyl (C=O) groups excluding carboxylic acids is 2. The molecule has 0 fully saturated rings. The van der Waals surface area contributed by atoms with Crippen molar-refractivity contribution in [3.8, 4) is 0 Å². The molecule has 4 heteroatoms. The topological polar surface area (TPSA) is 43.4 Å². The van der Waals surface area contributed by atoms with Crippen molar-refractivity contribution in [1.82, 2.24) is 0 Å². The summed E-state index contributed by atoms with van der Waals surface area (Å²) in [6.45, 7) is 5.61. The molecule has 0 aromatic heterocycles. The Morgan fingerprint density at radius 1 is 1.17 bits per heavy atom. The van der Waals surface area contributed by atoms with Crippen LogP contribution in [0.1, 0.15) is 39.9 Å². The first-order valence-corrected chi connectivity index (χ1v) is 6.12. The molecule has 0 unspecified atom stereocenters. The molecule has 1 rings (SSSR count). The van der Waals surface area contributed by atoms with E-state index in [2.05, 4.69) is 4.74 Å². The van der Waals surface area contributed by atoms with Gasteiger partial charge in [0.2, 0.25) is 0 Å². The molecule has 18 heavy (non-hydrogen) atoms. The zero-order valence-electron chi connectivity index (χ0n) is 11.1. The molecule has 0 N–H and O–H groups in total. The van der Waals surface area contributed by atoms with Crippen LogP contribution in [0.3, 0.4) is 0 Å². The molecule has 0 aliphatic rings. The van der Waals surface area contributed by atoms with Gasteiger partial charge in [0.1, 0.15) is 0 Å². The number of halogens is 1. The van der Waals surface area contributed by atoms with Crippen molar-refractivity contribution in [3.05, 3.63) is 33.3 Å². The number of carbonyl (C=O) groups is 2. The average Bonchev–Trinajstić information content (AvgIpc) is 2.33. The van der Waals surface area contributed by atoms with E-state index in [0.29, 0.717) is 10.6 Å². The van der Waals surface area contributed by atoms with Gasteiger partial charge in [0, 0.05) is 17.0 Å². The average molecular weight is 269 g/mol. The molecule has 0 spiro atoms. The van der Waals surface area contributed by atoms with Crippen LogP contribution < -0.4 is 0 Å². The van der Waals surface area contributed by atoms with Gasteiger partial charge in [-0.1, -0.05) is 17.7 Å². The lowest BCUT2D eigenvalue weighted by atomic mass is 9.94. The fourth-order valence-corrected chi connectivity index (χ4v) is 2.18. The Hall–Kier alpha value is -1.35. The van der Waals surface area contributed by atoms with Crippen molar-refractivity contribution >= 4 is 23.4 Å². The number of ether oxygens (including phenoxy) is 1. The highest BCUT2D eigenvalue weighted by molar-refractivity contribution is 6.32. The fraction of sp³-hybridized carbons (Fsp3) is 0.429.